The van der Waals surface area contributed by atoms with Crippen LogP contribution in [0.25, 0.3) is 0 Å². The fraction of sp³-hybridized carbons (Fsp3) is 0.545. The average Bonchev–Trinajstić information content (AvgIpc) is 2.63. The lowest BCUT2D eigenvalue weighted by atomic mass is 10.1. The number of phenols is 2. The summed E-state index contributed by atoms with van der Waals surface area (Å²) in [7, 11) is 0. The Hall–Kier alpha value is -1.90. The summed E-state index contributed by atoms with van der Waals surface area (Å²) in [5.41, 5.74) is 2.85. The molecule has 0 aliphatic rings. The number of ether oxygens (including phenoxy) is 1. The molecular weight excluding hydrogens is 312 g/mol. The van der Waals surface area contributed by atoms with Gasteiger partial charge in [-0.15, -0.1) is 0 Å². The predicted molar refractivity (Wildman–Crippen MR) is 107 cm³/mol. The summed E-state index contributed by atoms with van der Waals surface area (Å²) in [6, 6.07) is 6.15. The molecule has 3 heteroatoms. The number of unbranched alkanes of at least 4 members (excludes halogenated alkanes) is 2. The number of hydrogen-bond acceptors (Lipinski definition) is 3. The van der Waals surface area contributed by atoms with Gasteiger partial charge < -0.3 is 14.9 Å². The molecule has 0 heterocycles. The fourth-order valence-corrected chi connectivity index (χ4v) is 2.14. The molecule has 0 aliphatic carbocycles. The van der Waals surface area contributed by atoms with Crippen LogP contribution in [0.2, 0.25) is 0 Å². The molecule has 0 aliphatic heterocycles. The van der Waals surface area contributed by atoms with Crippen molar-refractivity contribution in [3.63, 3.8) is 0 Å². The second kappa shape index (κ2) is 15.6. The molecule has 2 N–H and O–H groups in total. The van der Waals surface area contributed by atoms with Crippen molar-refractivity contribution in [1.29, 1.82) is 0 Å². The van der Waals surface area contributed by atoms with Gasteiger partial charge in [0.05, 0.1) is 12.5 Å². The van der Waals surface area contributed by atoms with E-state index >= 15 is 0 Å². The lowest BCUT2D eigenvalue weighted by Crippen LogP contribution is -1.86. The van der Waals surface area contributed by atoms with E-state index in [-0.39, 0.29) is 11.5 Å². The van der Waals surface area contributed by atoms with Crippen molar-refractivity contribution < 1.29 is 14.9 Å². The van der Waals surface area contributed by atoms with Gasteiger partial charge in [-0.1, -0.05) is 52.7 Å². The lowest BCUT2D eigenvalue weighted by Gasteiger charge is -2.05. The maximum Gasteiger partial charge on any atom is 0.157 e. The van der Waals surface area contributed by atoms with E-state index in [0.29, 0.717) is 0 Å². The zero-order valence-corrected chi connectivity index (χ0v) is 16.4. The first-order valence-corrected chi connectivity index (χ1v) is 9.57. The third-order valence-electron chi connectivity index (χ3n) is 3.96. The molecule has 0 aromatic heterocycles. The Morgan fingerprint density at radius 2 is 1.20 bits per heavy atom. The van der Waals surface area contributed by atoms with Crippen LogP contribution in [0.1, 0.15) is 79.1 Å². The van der Waals surface area contributed by atoms with E-state index < -0.39 is 0 Å². The van der Waals surface area contributed by atoms with E-state index in [9.17, 15) is 0 Å². The highest BCUT2D eigenvalue weighted by molar-refractivity contribution is 5.36. The Kier molecular flexibility index (Phi) is 14.4. The Labute approximate surface area is 154 Å². The summed E-state index contributed by atoms with van der Waals surface area (Å²) in [5.74, 6) is -0.153. The third kappa shape index (κ3) is 12.2. The fourth-order valence-electron chi connectivity index (χ4n) is 2.14. The van der Waals surface area contributed by atoms with E-state index in [2.05, 4.69) is 27.7 Å². The van der Waals surface area contributed by atoms with Crippen LogP contribution < -0.4 is 0 Å². The maximum absolute atomic E-state index is 8.67. The number of phenolic OH excluding ortho intramolecular Hbond substituents is 2. The van der Waals surface area contributed by atoms with E-state index in [1.165, 1.54) is 61.8 Å². The van der Waals surface area contributed by atoms with Crippen LogP contribution in [0.5, 0.6) is 11.5 Å². The van der Waals surface area contributed by atoms with E-state index in [1.54, 1.807) is 12.1 Å². The van der Waals surface area contributed by atoms with Crippen LogP contribution in [-0.4, -0.2) is 10.2 Å². The van der Waals surface area contributed by atoms with Gasteiger partial charge in [-0.25, -0.2) is 0 Å². The van der Waals surface area contributed by atoms with Gasteiger partial charge in [0.2, 0.25) is 0 Å². The molecule has 0 fully saturated rings. The minimum absolute atomic E-state index is 0.0764. The molecular formula is C22H36O3. The molecule has 142 valence electrons. The van der Waals surface area contributed by atoms with Crippen molar-refractivity contribution in [3.8, 4) is 11.5 Å². The molecule has 0 bridgehead atoms. The second-order valence-corrected chi connectivity index (χ2v) is 6.09. The standard InChI is InChI=1S/C16H30O.C6H6O2/c1-5-9-11-15(7-3)13-17-14-16(8-4)12-10-6-2;7-5-3-1-2-4-6(5)8/h13-14H,5-12H2,1-4H3;1-4,7-8H. The van der Waals surface area contributed by atoms with Crippen molar-refractivity contribution in [3.05, 3.63) is 47.9 Å². The van der Waals surface area contributed by atoms with Gasteiger partial charge in [0.25, 0.3) is 0 Å². The molecule has 0 amide bonds. The molecule has 0 atom stereocenters. The Bertz CT molecular complexity index is 459. The van der Waals surface area contributed by atoms with Gasteiger partial charge >= 0.3 is 0 Å². The summed E-state index contributed by atoms with van der Waals surface area (Å²) >= 11 is 0. The van der Waals surface area contributed by atoms with Crippen molar-refractivity contribution >= 4 is 0 Å². The zero-order chi connectivity index (χ0) is 18.9. The molecule has 3 nitrogen and oxygen atoms in total. The number of benzene rings is 1. The van der Waals surface area contributed by atoms with Crippen molar-refractivity contribution in [1.82, 2.24) is 0 Å². The summed E-state index contributed by atoms with van der Waals surface area (Å²) in [6.45, 7) is 8.86. The first-order valence-electron chi connectivity index (χ1n) is 9.57. The van der Waals surface area contributed by atoms with Gasteiger partial charge in [-0.2, -0.15) is 0 Å². The largest absolute Gasteiger partial charge is 0.504 e. The Balaban J connectivity index is 0.000000593. The smallest absolute Gasteiger partial charge is 0.157 e. The van der Waals surface area contributed by atoms with Gasteiger partial charge in [-0.05, 0) is 61.8 Å². The highest BCUT2D eigenvalue weighted by atomic mass is 16.5. The van der Waals surface area contributed by atoms with Crippen LogP contribution in [0.3, 0.4) is 0 Å². The first-order chi connectivity index (χ1) is 12.1. The molecule has 0 spiro atoms. The summed E-state index contributed by atoms with van der Waals surface area (Å²) < 4.78 is 5.61. The highest BCUT2D eigenvalue weighted by Crippen LogP contribution is 2.21. The Morgan fingerprint density at radius 3 is 1.48 bits per heavy atom. The van der Waals surface area contributed by atoms with Gasteiger partial charge in [-0.3, -0.25) is 0 Å². The van der Waals surface area contributed by atoms with Crippen LogP contribution >= 0.6 is 0 Å². The number of allylic oxidation sites excluding steroid dienone is 2. The number of hydrogen-bond donors (Lipinski definition) is 2. The van der Waals surface area contributed by atoms with Crippen molar-refractivity contribution in [2.24, 2.45) is 0 Å². The minimum atomic E-state index is -0.0764. The topological polar surface area (TPSA) is 49.7 Å². The molecule has 0 radical (unpaired) electrons. The SMILES string of the molecule is CCCCC(=COC=C(CC)CCCC)CC.Oc1ccccc1O. The third-order valence-corrected chi connectivity index (χ3v) is 3.96. The van der Waals surface area contributed by atoms with Gasteiger partial charge in [0, 0.05) is 0 Å². The maximum atomic E-state index is 8.67. The molecule has 1 aromatic carbocycles. The van der Waals surface area contributed by atoms with Gasteiger partial charge in [0.15, 0.2) is 11.5 Å². The average molecular weight is 349 g/mol. The minimum Gasteiger partial charge on any atom is -0.504 e. The van der Waals surface area contributed by atoms with Crippen LogP contribution in [0.4, 0.5) is 0 Å². The quantitative estimate of drug-likeness (QED) is 0.351. The first kappa shape index (κ1) is 23.1. The molecule has 1 aromatic rings. The van der Waals surface area contributed by atoms with Crippen LogP contribution in [-0.2, 0) is 4.74 Å². The summed E-state index contributed by atoms with van der Waals surface area (Å²) in [5, 5.41) is 17.3. The van der Waals surface area contributed by atoms with Crippen molar-refractivity contribution in [2.75, 3.05) is 0 Å². The predicted octanol–water partition coefficient (Wildman–Crippen LogP) is 7.07. The highest BCUT2D eigenvalue weighted by Gasteiger charge is 1.96. The molecule has 25 heavy (non-hydrogen) atoms. The van der Waals surface area contributed by atoms with Crippen molar-refractivity contribution in [2.45, 2.75) is 79.1 Å². The van der Waals surface area contributed by atoms with Crippen LogP contribution in [0, 0.1) is 0 Å². The van der Waals surface area contributed by atoms with E-state index in [0.717, 1.165) is 12.8 Å². The van der Waals surface area contributed by atoms with E-state index in [4.69, 9.17) is 14.9 Å². The number of aromatic hydroxyl groups is 2. The monoisotopic (exact) mass is 348 g/mol. The summed E-state index contributed by atoms with van der Waals surface area (Å²) in [6.07, 6.45) is 13.5. The molecule has 0 unspecified atom stereocenters. The normalized spacial score (nSPS) is 11.7. The second-order valence-electron chi connectivity index (χ2n) is 6.09. The van der Waals surface area contributed by atoms with Crippen LogP contribution in [0.15, 0.2) is 47.9 Å². The Morgan fingerprint density at radius 1 is 0.800 bits per heavy atom. The lowest BCUT2D eigenvalue weighted by molar-refractivity contribution is 0.385. The molecule has 0 saturated carbocycles. The summed E-state index contributed by atoms with van der Waals surface area (Å²) in [4.78, 5) is 0. The zero-order valence-electron chi connectivity index (χ0n) is 16.4. The number of rotatable bonds is 10. The molecule has 0 saturated heterocycles. The van der Waals surface area contributed by atoms with Gasteiger partial charge in [0.1, 0.15) is 0 Å². The van der Waals surface area contributed by atoms with E-state index in [1.807, 2.05) is 12.5 Å². The number of para-hydroxylation sites is 2. The molecule has 1 rings (SSSR count).